The lowest BCUT2D eigenvalue weighted by molar-refractivity contribution is -0.384. The van der Waals surface area contributed by atoms with Gasteiger partial charge in [0.1, 0.15) is 11.4 Å². The third-order valence-electron chi connectivity index (χ3n) is 2.60. The van der Waals surface area contributed by atoms with Crippen molar-refractivity contribution in [3.05, 3.63) is 45.6 Å². The van der Waals surface area contributed by atoms with E-state index in [0.717, 1.165) is 26.4 Å². The van der Waals surface area contributed by atoms with E-state index in [4.69, 9.17) is 5.11 Å². The Labute approximate surface area is 129 Å². The number of carbonyl (C=O) groups is 3. The Morgan fingerprint density at radius 2 is 1.91 bits per heavy atom. The quantitative estimate of drug-likeness (QED) is 0.338. The minimum Gasteiger partial charge on any atom is -0.478 e. The second kappa shape index (κ2) is 7.54. The molecule has 0 radical (unpaired) electrons. The Kier molecular flexibility index (Phi) is 5.78. The van der Waals surface area contributed by atoms with Gasteiger partial charge in [-0.3, -0.25) is 10.1 Å². The number of carboxylic acids is 1. The molecule has 10 heteroatoms. The second-order valence-electron chi connectivity index (χ2n) is 3.96. The van der Waals surface area contributed by atoms with Crippen molar-refractivity contribution >= 4 is 29.3 Å². The minimum absolute atomic E-state index is 0.459. The molecule has 1 rings (SSSR count). The van der Waals surface area contributed by atoms with Crippen molar-refractivity contribution in [1.29, 1.82) is 0 Å². The Balaban J connectivity index is 3.45. The first-order valence-electron chi connectivity index (χ1n) is 5.97. The van der Waals surface area contributed by atoms with E-state index in [1.807, 2.05) is 0 Å². The normalized spacial score (nSPS) is 10.6. The molecule has 0 heterocycles. The number of rotatable bonds is 6. The van der Waals surface area contributed by atoms with Crippen molar-refractivity contribution in [2.24, 2.45) is 0 Å². The highest BCUT2D eigenvalue weighted by Gasteiger charge is 2.24. The summed E-state index contributed by atoms with van der Waals surface area (Å²) in [6.07, 6.45) is 0.689. The Morgan fingerprint density at radius 1 is 1.26 bits per heavy atom. The maximum Gasteiger partial charge on any atom is 0.354 e. The topological polar surface area (TPSA) is 145 Å². The van der Waals surface area contributed by atoms with E-state index >= 15 is 0 Å². The number of nitrogens with one attached hydrogen (secondary N) is 1. The summed E-state index contributed by atoms with van der Waals surface area (Å²) in [5, 5.41) is 22.4. The number of ether oxygens (including phenoxy) is 2. The van der Waals surface area contributed by atoms with Crippen LogP contribution in [0.5, 0.6) is 0 Å². The molecule has 1 aromatic carbocycles. The van der Waals surface area contributed by atoms with Crippen molar-refractivity contribution in [3.63, 3.8) is 0 Å². The SMILES string of the molecule is COC(=O)/C=C(/Nc1c(C(=O)O)cccc1[N+](=O)[O-])C(=O)OC. The Morgan fingerprint density at radius 3 is 2.39 bits per heavy atom. The second-order valence-corrected chi connectivity index (χ2v) is 3.96. The lowest BCUT2D eigenvalue weighted by atomic mass is 10.1. The largest absolute Gasteiger partial charge is 0.478 e. The zero-order valence-corrected chi connectivity index (χ0v) is 12.1. The number of para-hydroxylation sites is 1. The average molecular weight is 324 g/mol. The molecule has 0 bridgehead atoms. The number of carbonyl (C=O) groups excluding carboxylic acids is 2. The van der Waals surface area contributed by atoms with E-state index in [0.29, 0.717) is 6.08 Å². The first kappa shape index (κ1) is 17.6. The molecule has 0 aromatic heterocycles. The summed E-state index contributed by atoms with van der Waals surface area (Å²) in [6.45, 7) is 0. The lowest BCUT2D eigenvalue weighted by Gasteiger charge is -2.11. The minimum atomic E-state index is -1.46. The van der Waals surface area contributed by atoms with Crippen molar-refractivity contribution in [1.82, 2.24) is 0 Å². The van der Waals surface area contributed by atoms with E-state index < -0.39 is 45.5 Å². The van der Waals surface area contributed by atoms with E-state index in [1.54, 1.807) is 0 Å². The van der Waals surface area contributed by atoms with Crippen LogP contribution in [0.25, 0.3) is 0 Å². The summed E-state index contributed by atoms with van der Waals surface area (Å²) in [5.74, 6) is -3.43. The Bertz CT molecular complexity index is 663. The number of benzene rings is 1. The molecular weight excluding hydrogens is 312 g/mol. The molecule has 0 atom stereocenters. The summed E-state index contributed by atoms with van der Waals surface area (Å²) in [5.41, 5.74) is -2.04. The van der Waals surface area contributed by atoms with Gasteiger partial charge in [-0.2, -0.15) is 0 Å². The fraction of sp³-hybridized carbons (Fsp3) is 0.154. The summed E-state index contributed by atoms with van der Waals surface area (Å²) in [6, 6.07) is 3.32. The molecule has 0 saturated heterocycles. The molecule has 10 nitrogen and oxygen atoms in total. The van der Waals surface area contributed by atoms with Crippen LogP contribution < -0.4 is 5.32 Å². The van der Waals surface area contributed by atoms with Gasteiger partial charge in [0.15, 0.2) is 0 Å². The number of nitrogens with zero attached hydrogens (tertiary/aromatic N) is 1. The van der Waals surface area contributed by atoms with Crippen LogP contribution >= 0.6 is 0 Å². The highest BCUT2D eigenvalue weighted by Crippen LogP contribution is 2.29. The van der Waals surface area contributed by atoms with Crippen molar-refractivity contribution in [3.8, 4) is 0 Å². The van der Waals surface area contributed by atoms with Crippen molar-refractivity contribution in [2.75, 3.05) is 19.5 Å². The van der Waals surface area contributed by atoms with Gasteiger partial charge in [-0.15, -0.1) is 0 Å². The monoisotopic (exact) mass is 324 g/mol. The zero-order valence-electron chi connectivity index (χ0n) is 12.1. The standard InChI is InChI=1S/C13H12N2O8/c1-22-10(16)6-8(13(19)23-2)14-11-7(12(17)18)4-3-5-9(11)15(20)21/h3-6,14H,1-2H3,(H,17,18)/b8-6+. The molecule has 23 heavy (non-hydrogen) atoms. The van der Waals surface area contributed by atoms with Gasteiger partial charge >= 0.3 is 17.9 Å². The Hall–Kier alpha value is -3.43. The van der Waals surface area contributed by atoms with Gasteiger partial charge in [0.2, 0.25) is 0 Å². The van der Waals surface area contributed by atoms with Crippen LogP contribution in [0.4, 0.5) is 11.4 Å². The average Bonchev–Trinajstić information content (AvgIpc) is 2.52. The molecule has 1 aromatic rings. The number of esters is 2. The lowest BCUT2D eigenvalue weighted by Crippen LogP contribution is -2.18. The predicted octanol–water partition coefficient (Wildman–Crippen LogP) is 0.935. The van der Waals surface area contributed by atoms with Crippen LogP contribution in [0.3, 0.4) is 0 Å². The number of methoxy groups -OCH3 is 2. The van der Waals surface area contributed by atoms with Crippen LogP contribution in [0.2, 0.25) is 0 Å². The molecule has 0 fully saturated rings. The molecule has 0 aliphatic rings. The van der Waals surface area contributed by atoms with Crippen LogP contribution in [-0.2, 0) is 19.1 Å². The molecule has 2 N–H and O–H groups in total. The predicted molar refractivity (Wildman–Crippen MR) is 75.8 cm³/mol. The number of aromatic carboxylic acids is 1. The zero-order chi connectivity index (χ0) is 17.6. The van der Waals surface area contributed by atoms with E-state index in [9.17, 15) is 24.5 Å². The summed E-state index contributed by atoms with van der Waals surface area (Å²) >= 11 is 0. The highest BCUT2D eigenvalue weighted by atomic mass is 16.6. The number of hydrogen-bond donors (Lipinski definition) is 2. The number of nitro groups is 1. The maximum absolute atomic E-state index is 11.7. The van der Waals surface area contributed by atoms with Crippen LogP contribution in [0.15, 0.2) is 30.0 Å². The van der Waals surface area contributed by atoms with Gasteiger partial charge in [-0.1, -0.05) is 6.07 Å². The number of carboxylic acid groups (broad SMARTS) is 1. The summed E-state index contributed by atoms with van der Waals surface area (Å²) in [4.78, 5) is 44.3. The van der Waals surface area contributed by atoms with Gasteiger partial charge in [0.25, 0.3) is 5.69 Å². The maximum atomic E-state index is 11.7. The highest BCUT2D eigenvalue weighted by molar-refractivity contribution is 6.03. The third kappa shape index (κ3) is 4.27. The molecule has 0 spiro atoms. The van der Waals surface area contributed by atoms with Gasteiger partial charge in [0.05, 0.1) is 30.8 Å². The number of anilines is 1. The van der Waals surface area contributed by atoms with Crippen LogP contribution in [0, 0.1) is 10.1 Å². The van der Waals surface area contributed by atoms with Crippen molar-refractivity contribution < 1.29 is 33.9 Å². The molecule has 122 valence electrons. The van der Waals surface area contributed by atoms with Gasteiger partial charge in [0, 0.05) is 6.07 Å². The van der Waals surface area contributed by atoms with Crippen LogP contribution in [0.1, 0.15) is 10.4 Å². The molecule has 0 amide bonds. The van der Waals surface area contributed by atoms with Gasteiger partial charge in [-0.05, 0) is 6.07 Å². The van der Waals surface area contributed by atoms with Gasteiger partial charge < -0.3 is 19.9 Å². The number of nitro benzene ring substituents is 1. The number of hydrogen-bond acceptors (Lipinski definition) is 8. The van der Waals surface area contributed by atoms with E-state index in [-0.39, 0.29) is 0 Å². The third-order valence-corrected chi connectivity index (χ3v) is 2.60. The molecule has 0 aliphatic heterocycles. The summed E-state index contributed by atoms with van der Waals surface area (Å²) < 4.78 is 8.79. The first-order valence-corrected chi connectivity index (χ1v) is 5.97. The van der Waals surface area contributed by atoms with E-state index in [1.165, 1.54) is 6.07 Å². The fourth-order valence-corrected chi connectivity index (χ4v) is 1.57. The molecule has 0 aliphatic carbocycles. The fourth-order valence-electron chi connectivity index (χ4n) is 1.57. The van der Waals surface area contributed by atoms with Crippen molar-refractivity contribution in [2.45, 2.75) is 0 Å². The first-order chi connectivity index (χ1) is 10.8. The molecule has 0 unspecified atom stereocenters. The summed E-state index contributed by atoms with van der Waals surface area (Å²) in [7, 11) is 2.08. The van der Waals surface area contributed by atoms with Gasteiger partial charge in [-0.25, -0.2) is 14.4 Å². The molecular formula is C13H12N2O8. The smallest absolute Gasteiger partial charge is 0.354 e. The van der Waals surface area contributed by atoms with E-state index in [2.05, 4.69) is 14.8 Å². The van der Waals surface area contributed by atoms with Crippen LogP contribution in [-0.4, -0.2) is 42.2 Å². The molecule has 0 saturated carbocycles.